The maximum atomic E-state index is 8.84. The van der Waals surface area contributed by atoms with Gasteiger partial charge in [0.25, 0.3) is 0 Å². The molecule has 21 heavy (non-hydrogen) atoms. The van der Waals surface area contributed by atoms with E-state index >= 15 is 0 Å². The summed E-state index contributed by atoms with van der Waals surface area (Å²) in [5, 5.41) is 12.6. The molecule has 0 fully saturated rings. The molecule has 0 unspecified atom stereocenters. The predicted octanol–water partition coefficient (Wildman–Crippen LogP) is 3.24. The molecule has 0 spiro atoms. The van der Waals surface area contributed by atoms with Gasteiger partial charge in [-0.2, -0.15) is 5.26 Å². The van der Waals surface area contributed by atoms with Gasteiger partial charge in [-0.15, -0.1) is 0 Å². The van der Waals surface area contributed by atoms with E-state index in [-0.39, 0.29) is 0 Å². The van der Waals surface area contributed by atoms with Crippen molar-refractivity contribution >= 4 is 17.3 Å². The second-order valence-corrected chi connectivity index (χ2v) is 4.61. The Morgan fingerprint density at radius 2 is 2.00 bits per heavy atom. The largest absolute Gasteiger partial charge is 0.495 e. The summed E-state index contributed by atoms with van der Waals surface area (Å²) in [5.41, 5.74) is 2.08. The van der Waals surface area contributed by atoms with Crippen LogP contribution in [0.25, 0.3) is 0 Å². The average molecular weight is 304 g/mol. The van der Waals surface area contributed by atoms with Gasteiger partial charge in [-0.1, -0.05) is 11.6 Å². The number of hydrogen-bond donors (Lipinski definition) is 1. The normalized spacial score (nSPS) is 9.81. The van der Waals surface area contributed by atoms with Gasteiger partial charge in [-0.05, 0) is 17.7 Å². The summed E-state index contributed by atoms with van der Waals surface area (Å²) in [4.78, 5) is 3.93. The first-order valence-electron chi connectivity index (χ1n) is 6.18. The number of methoxy groups -OCH3 is 2. The van der Waals surface area contributed by atoms with Crippen molar-refractivity contribution in [3.05, 3.63) is 46.7 Å². The van der Waals surface area contributed by atoms with Crippen molar-refractivity contribution < 1.29 is 9.47 Å². The molecule has 6 heteroatoms. The Morgan fingerprint density at radius 3 is 2.67 bits per heavy atom. The van der Waals surface area contributed by atoms with E-state index < -0.39 is 0 Å². The monoisotopic (exact) mass is 303 g/mol. The molecular formula is C15H14ClN3O2. The molecule has 0 bridgehead atoms. The average Bonchev–Trinajstić information content (AvgIpc) is 2.53. The van der Waals surface area contributed by atoms with Crippen molar-refractivity contribution in [3.8, 4) is 17.6 Å². The van der Waals surface area contributed by atoms with Gasteiger partial charge >= 0.3 is 0 Å². The Morgan fingerprint density at radius 1 is 1.24 bits per heavy atom. The Balaban J connectivity index is 2.20. The molecule has 0 aliphatic rings. The smallest absolute Gasteiger partial charge is 0.143 e. The lowest BCUT2D eigenvalue weighted by Crippen LogP contribution is -2.03. The number of nitrogens with zero attached hydrogens (tertiary/aromatic N) is 2. The van der Waals surface area contributed by atoms with E-state index in [1.165, 1.54) is 0 Å². The van der Waals surface area contributed by atoms with Crippen molar-refractivity contribution in [2.75, 3.05) is 19.5 Å². The van der Waals surface area contributed by atoms with Crippen molar-refractivity contribution in [2.24, 2.45) is 0 Å². The quantitative estimate of drug-likeness (QED) is 0.918. The highest BCUT2D eigenvalue weighted by Gasteiger charge is 2.09. The summed E-state index contributed by atoms with van der Waals surface area (Å²) >= 11 is 6.06. The lowest BCUT2D eigenvalue weighted by atomic mass is 10.2. The Bertz CT molecular complexity index is 683. The topological polar surface area (TPSA) is 67.2 Å². The number of pyridine rings is 1. The molecule has 0 aliphatic heterocycles. The fourth-order valence-corrected chi connectivity index (χ4v) is 2.07. The molecule has 108 valence electrons. The highest BCUT2D eigenvalue weighted by atomic mass is 35.5. The molecule has 0 aliphatic carbocycles. The standard InChI is InChI=1S/C15H14ClN3O2/c1-20-14-7-13(15(21-2)6-12(14)16)19-9-10-3-4-18-11(5-10)8-17/h3-7,19H,9H2,1-2H3. The minimum absolute atomic E-state index is 0.384. The van der Waals surface area contributed by atoms with E-state index in [1.54, 1.807) is 38.6 Å². The van der Waals surface area contributed by atoms with Crippen LogP contribution in [0.3, 0.4) is 0 Å². The van der Waals surface area contributed by atoms with E-state index in [0.29, 0.717) is 28.8 Å². The van der Waals surface area contributed by atoms with Gasteiger partial charge in [0.15, 0.2) is 0 Å². The number of anilines is 1. The third kappa shape index (κ3) is 3.56. The maximum absolute atomic E-state index is 8.84. The minimum Gasteiger partial charge on any atom is -0.495 e. The zero-order valence-electron chi connectivity index (χ0n) is 11.7. The fraction of sp³-hybridized carbons (Fsp3) is 0.200. The van der Waals surface area contributed by atoms with Gasteiger partial charge < -0.3 is 14.8 Å². The highest BCUT2D eigenvalue weighted by molar-refractivity contribution is 6.32. The Labute approximate surface area is 128 Å². The van der Waals surface area contributed by atoms with Crippen molar-refractivity contribution in [1.82, 2.24) is 4.98 Å². The highest BCUT2D eigenvalue weighted by Crippen LogP contribution is 2.36. The molecular weight excluding hydrogens is 290 g/mol. The van der Waals surface area contributed by atoms with Crippen LogP contribution < -0.4 is 14.8 Å². The molecule has 0 atom stereocenters. The number of halogens is 1. The number of rotatable bonds is 5. The summed E-state index contributed by atoms with van der Waals surface area (Å²) in [5.74, 6) is 1.18. The van der Waals surface area contributed by atoms with Gasteiger partial charge in [0.1, 0.15) is 23.3 Å². The van der Waals surface area contributed by atoms with Crippen LogP contribution in [0.5, 0.6) is 11.5 Å². The predicted molar refractivity (Wildman–Crippen MR) is 80.8 cm³/mol. The van der Waals surface area contributed by atoms with Crippen LogP contribution in [0.4, 0.5) is 5.69 Å². The molecule has 1 heterocycles. The molecule has 0 saturated carbocycles. The van der Waals surface area contributed by atoms with Crippen molar-refractivity contribution in [3.63, 3.8) is 0 Å². The SMILES string of the molecule is COc1cc(NCc2ccnc(C#N)c2)c(OC)cc1Cl. The third-order valence-corrected chi connectivity index (χ3v) is 3.19. The lowest BCUT2D eigenvalue weighted by Gasteiger charge is -2.14. The first-order chi connectivity index (χ1) is 10.2. The number of hydrogen-bond acceptors (Lipinski definition) is 5. The van der Waals surface area contributed by atoms with Crippen LogP contribution in [-0.2, 0) is 6.54 Å². The zero-order valence-corrected chi connectivity index (χ0v) is 12.4. The summed E-state index contributed by atoms with van der Waals surface area (Å²) in [6, 6.07) is 9.04. The van der Waals surface area contributed by atoms with Crippen LogP contribution >= 0.6 is 11.6 Å². The second kappa shape index (κ2) is 6.82. The van der Waals surface area contributed by atoms with Gasteiger partial charge in [0, 0.05) is 24.9 Å². The van der Waals surface area contributed by atoms with Crippen LogP contribution in [0, 0.1) is 11.3 Å². The van der Waals surface area contributed by atoms with Crippen LogP contribution in [0.2, 0.25) is 5.02 Å². The van der Waals surface area contributed by atoms with Gasteiger partial charge in [0.2, 0.25) is 0 Å². The molecule has 1 aromatic heterocycles. The van der Waals surface area contributed by atoms with Gasteiger partial charge in [0.05, 0.1) is 24.9 Å². The van der Waals surface area contributed by atoms with E-state index in [0.717, 1.165) is 11.3 Å². The number of nitriles is 1. The first-order valence-corrected chi connectivity index (χ1v) is 6.56. The molecule has 2 rings (SSSR count). The summed E-state index contributed by atoms with van der Waals surface area (Å²) in [6.07, 6.45) is 1.61. The number of benzene rings is 1. The minimum atomic E-state index is 0.384. The number of ether oxygens (including phenoxy) is 2. The lowest BCUT2D eigenvalue weighted by molar-refractivity contribution is 0.404. The van der Waals surface area contributed by atoms with Crippen LogP contribution in [0.1, 0.15) is 11.3 Å². The number of aromatic nitrogens is 1. The maximum Gasteiger partial charge on any atom is 0.143 e. The summed E-state index contributed by atoms with van der Waals surface area (Å²) in [7, 11) is 3.13. The van der Waals surface area contributed by atoms with Gasteiger partial charge in [-0.25, -0.2) is 4.98 Å². The Kier molecular flexibility index (Phi) is 4.85. The zero-order chi connectivity index (χ0) is 15.2. The molecule has 1 aromatic carbocycles. The number of nitrogens with one attached hydrogen (secondary N) is 1. The second-order valence-electron chi connectivity index (χ2n) is 4.20. The van der Waals surface area contributed by atoms with Gasteiger partial charge in [-0.3, -0.25) is 0 Å². The molecule has 0 radical (unpaired) electrons. The van der Waals surface area contributed by atoms with Crippen LogP contribution in [-0.4, -0.2) is 19.2 Å². The fourth-order valence-electron chi connectivity index (χ4n) is 1.84. The van der Waals surface area contributed by atoms with Crippen molar-refractivity contribution in [2.45, 2.75) is 6.54 Å². The van der Waals surface area contributed by atoms with E-state index in [9.17, 15) is 0 Å². The first kappa shape index (κ1) is 14.9. The van der Waals surface area contributed by atoms with E-state index in [1.807, 2.05) is 12.1 Å². The van der Waals surface area contributed by atoms with E-state index in [4.69, 9.17) is 26.3 Å². The van der Waals surface area contributed by atoms with Crippen LogP contribution in [0.15, 0.2) is 30.5 Å². The summed E-state index contributed by atoms with van der Waals surface area (Å²) in [6.45, 7) is 0.526. The molecule has 5 nitrogen and oxygen atoms in total. The third-order valence-electron chi connectivity index (χ3n) is 2.90. The molecule has 0 saturated heterocycles. The summed E-state index contributed by atoms with van der Waals surface area (Å²) < 4.78 is 10.5. The molecule has 2 aromatic rings. The molecule has 0 amide bonds. The van der Waals surface area contributed by atoms with E-state index in [2.05, 4.69) is 10.3 Å². The molecule has 1 N–H and O–H groups in total. The van der Waals surface area contributed by atoms with Crippen molar-refractivity contribution in [1.29, 1.82) is 5.26 Å². The Hall–Kier alpha value is -2.45.